The molecular formula is C42H44ClN9O4S. The highest BCUT2D eigenvalue weighted by molar-refractivity contribution is 7.15. The lowest BCUT2D eigenvalue weighted by Gasteiger charge is -2.23. The van der Waals surface area contributed by atoms with E-state index < -0.39 is 12.1 Å². The smallest absolute Gasteiger partial charge is 0.249 e. The van der Waals surface area contributed by atoms with Gasteiger partial charge in [0, 0.05) is 57.5 Å². The number of hydrogen-bond acceptors (Lipinski definition) is 10. The standard InChI is InChI=1S/C42H44ClN9O4S/c1-24-25(2)57-42-36(24)38(28-11-13-29(43)14-12-28)47-31(40-50-49-26(3)51(40)42)23-35(54)45-20-22-56-21-19-44-17-5-8-27-7-4-10-32-37(27)30-9-6-18-46-39(30)52(32)33-15-16-34(53)48-41(33)55/h4,6-7,9-14,18,31,33,44H,5,8,15-17,19-23H2,1-3H3,(H,45,54)(H,48,53,55)/t31-,33?/m0/s1. The molecular weight excluding hydrogens is 762 g/mol. The third-order valence-corrected chi connectivity index (χ3v) is 12.2. The lowest BCUT2D eigenvalue weighted by atomic mass is 9.99. The minimum Gasteiger partial charge on any atom is -0.378 e. The first-order chi connectivity index (χ1) is 27.7. The van der Waals surface area contributed by atoms with E-state index in [4.69, 9.17) is 21.3 Å². The Kier molecular flexibility index (Phi) is 11.3. The van der Waals surface area contributed by atoms with Gasteiger partial charge in [-0.3, -0.25) is 29.3 Å². The molecule has 1 fully saturated rings. The Hall–Kier alpha value is -5.28. The number of fused-ring (bicyclic) bond motifs is 6. The molecule has 6 heterocycles. The van der Waals surface area contributed by atoms with E-state index in [1.54, 1.807) is 17.5 Å². The van der Waals surface area contributed by atoms with Gasteiger partial charge in [0.25, 0.3) is 0 Å². The van der Waals surface area contributed by atoms with Gasteiger partial charge in [0.2, 0.25) is 17.7 Å². The summed E-state index contributed by atoms with van der Waals surface area (Å²) in [6.45, 7) is 8.89. The van der Waals surface area contributed by atoms with Gasteiger partial charge in [0.05, 0.1) is 30.9 Å². The second-order valence-corrected chi connectivity index (χ2v) is 16.1. The molecule has 294 valence electrons. The first kappa shape index (κ1) is 38.6. The van der Waals surface area contributed by atoms with Gasteiger partial charge in [0.1, 0.15) is 28.6 Å². The molecule has 2 aliphatic heterocycles. The number of amides is 3. The number of aryl methyl sites for hydroxylation is 3. The summed E-state index contributed by atoms with van der Waals surface area (Å²) >= 11 is 7.91. The van der Waals surface area contributed by atoms with Gasteiger partial charge >= 0.3 is 0 Å². The summed E-state index contributed by atoms with van der Waals surface area (Å²) < 4.78 is 9.87. The molecule has 6 aromatic rings. The Labute approximate surface area is 338 Å². The zero-order valence-corrected chi connectivity index (χ0v) is 33.7. The van der Waals surface area contributed by atoms with Crippen LogP contribution in [0.1, 0.15) is 76.5 Å². The van der Waals surface area contributed by atoms with E-state index in [1.807, 2.05) is 64.6 Å². The number of aliphatic imine (C=N–C) groups is 1. The number of halogens is 1. The third kappa shape index (κ3) is 7.74. The largest absolute Gasteiger partial charge is 0.378 e. The van der Waals surface area contributed by atoms with Gasteiger partial charge in [-0.05, 0) is 88.0 Å². The fourth-order valence-electron chi connectivity index (χ4n) is 7.87. The van der Waals surface area contributed by atoms with Crippen LogP contribution in [0.4, 0.5) is 0 Å². The van der Waals surface area contributed by atoms with Crippen molar-refractivity contribution in [1.82, 2.24) is 40.3 Å². The van der Waals surface area contributed by atoms with Gasteiger partial charge in [-0.15, -0.1) is 21.5 Å². The van der Waals surface area contributed by atoms with E-state index >= 15 is 0 Å². The molecule has 2 atom stereocenters. The number of ether oxygens (including phenoxy) is 1. The molecule has 1 unspecified atom stereocenters. The molecule has 3 N–H and O–H groups in total. The monoisotopic (exact) mass is 805 g/mol. The van der Waals surface area contributed by atoms with Crippen LogP contribution in [0.25, 0.3) is 26.9 Å². The average Bonchev–Trinajstić information content (AvgIpc) is 3.81. The molecule has 8 rings (SSSR count). The van der Waals surface area contributed by atoms with Crippen LogP contribution in [-0.4, -0.2) is 80.6 Å². The zero-order chi connectivity index (χ0) is 39.6. The highest BCUT2D eigenvalue weighted by atomic mass is 35.5. The highest BCUT2D eigenvalue weighted by Crippen LogP contribution is 2.40. The molecule has 0 saturated carbocycles. The minimum absolute atomic E-state index is 0.116. The fourth-order valence-corrected chi connectivity index (χ4v) is 9.21. The van der Waals surface area contributed by atoms with Crippen LogP contribution in [0.3, 0.4) is 0 Å². The maximum absolute atomic E-state index is 13.3. The third-order valence-electron chi connectivity index (χ3n) is 10.7. The van der Waals surface area contributed by atoms with Crippen molar-refractivity contribution in [2.24, 2.45) is 4.99 Å². The van der Waals surface area contributed by atoms with E-state index in [-0.39, 0.29) is 24.1 Å². The minimum atomic E-state index is -0.533. The van der Waals surface area contributed by atoms with Gasteiger partial charge < -0.3 is 19.9 Å². The number of hydrogen-bond donors (Lipinski definition) is 3. The molecule has 2 aromatic carbocycles. The fraction of sp³-hybridized carbons (Fsp3) is 0.357. The van der Waals surface area contributed by atoms with E-state index in [0.717, 1.165) is 74.6 Å². The summed E-state index contributed by atoms with van der Waals surface area (Å²) in [5.74, 6) is 0.731. The lowest BCUT2D eigenvalue weighted by molar-refractivity contribution is -0.135. The Balaban J connectivity index is 0.820. The predicted octanol–water partition coefficient (Wildman–Crippen LogP) is 6.03. The molecule has 2 aliphatic rings. The van der Waals surface area contributed by atoms with Crippen LogP contribution < -0.4 is 16.0 Å². The van der Waals surface area contributed by atoms with Crippen molar-refractivity contribution in [1.29, 1.82) is 0 Å². The van der Waals surface area contributed by atoms with Crippen molar-refractivity contribution >= 4 is 68.3 Å². The lowest BCUT2D eigenvalue weighted by Crippen LogP contribution is -2.41. The Morgan fingerprint density at radius 3 is 2.67 bits per heavy atom. The number of carbonyl (C=O) groups is 3. The number of benzene rings is 2. The number of piperidine rings is 1. The van der Waals surface area contributed by atoms with E-state index in [9.17, 15) is 14.4 Å². The normalized spacial score (nSPS) is 16.7. The van der Waals surface area contributed by atoms with Gasteiger partial charge in [0.15, 0.2) is 5.82 Å². The van der Waals surface area contributed by atoms with Gasteiger partial charge in [-0.2, -0.15) is 0 Å². The van der Waals surface area contributed by atoms with Crippen LogP contribution in [-0.2, 0) is 25.5 Å². The van der Waals surface area contributed by atoms with Crippen molar-refractivity contribution in [2.45, 2.75) is 65.0 Å². The summed E-state index contributed by atoms with van der Waals surface area (Å²) in [4.78, 5) is 49.0. The van der Waals surface area contributed by atoms with Crippen LogP contribution in [0, 0.1) is 20.8 Å². The molecule has 3 amide bonds. The number of pyridine rings is 1. The van der Waals surface area contributed by atoms with Crippen LogP contribution in [0.2, 0.25) is 5.02 Å². The zero-order valence-electron chi connectivity index (χ0n) is 32.1. The molecule has 0 spiro atoms. The highest BCUT2D eigenvalue weighted by Gasteiger charge is 2.33. The van der Waals surface area contributed by atoms with Gasteiger partial charge in [-0.1, -0.05) is 35.9 Å². The number of carbonyl (C=O) groups excluding carboxylic acids is 3. The Morgan fingerprint density at radius 1 is 1.02 bits per heavy atom. The first-order valence-corrected chi connectivity index (χ1v) is 20.5. The van der Waals surface area contributed by atoms with E-state index in [2.05, 4.69) is 51.0 Å². The van der Waals surface area contributed by atoms with Gasteiger partial charge in [-0.25, -0.2) is 4.98 Å². The molecule has 13 nitrogen and oxygen atoms in total. The summed E-state index contributed by atoms with van der Waals surface area (Å²) in [5, 5.41) is 21.6. The van der Waals surface area contributed by atoms with E-state index in [0.29, 0.717) is 50.0 Å². The quantitative estimate of drug-likeness (QED) is 0.0891. The predicted molar refractivity (Wildman–Crippen MR) is 222 cm³/mol. The van der Waals surface area contributed by atoms with Crippen molar-refractivity contribution in [2.75, 3.05) is 32.8 Å². The second kappa shape index (κ2) is 16.7. The first-order valence-electron chi connectivity index (χ1n) is 19.3. The maximum Gasteiger partial charge on any atom is 0.249 e. The van der Waals surface area contributed by atoms with Crippen molar-refractivity contribution in [3.8, 4) is 5.00 Å². The summed E-state index contributed by atoms with van der Waals surface area (Å²) in [6.07, 6.45) is 4.36. The summed E-state index contributed by atoms with van der Waals surface area (Å²) in [5.41, 5.74) is 6.81. The SMILES string of the molecule is Cc1sc2c(c1C)C(c1ccc(Cl)cc1)=N[C@@H](CC(=O)NCCOCCNCCCc1cccc3c1c1cccnc1n3C1CCC(=O)NC1=O)c1nnc(C)n1-2. The number of rotatable bonds is 14. The summed E-state index contributed by atoms with van der Waals surface area (Å²) in [6, 6.07) is 16.8. The molecule has 15 heteroatoms. The Bertz CT molecular complexity index is 2520. The Morgan fingerprint density at radius 2 is 1.84 bits per heavy atom. The van der Waals surface area contributed by atoms with Crippen molar-refractivity contribution in [3.05, 3.63) is 105 Å². The molecule has 4 aromatic heterocycles. The van der Waals surface area contributed by atoms with Crippen LogP contribution >= 0.6 is 22.9 Å². The number of aromatic nitrogens is 5. The summed E-state index contributed by atoms with van der Waals surface area (Å²) in [7, 11) is 0. The average molecular weight is 806 g/mol. The molecule has 1 saturated heterocycles. The van der Waals surface area contributed by atoms with Crippen molar-refractivity contribution in [3.63, 3.8) is 0 Å². The number of nitrogens with zero attached hydrogens (tertiary/aromatic N) is 6. The maximum atomic E-state index is 13.3. The number of imide groups is 1. The second-order valence-electron chi connectivity index (χ2n) is 14.4. The van der Waals surface area contributed by atoms with Crippen LogP contribution in [0.5, 0.6) is 0 Å². The molecule has 0 bridgehead atoms. The van der Waals surface area contributed by atoms with Crippen molar-refractivity contribution < 1.29 is 19.1 Å². The molecule has 0 radical (unpaired) electrons. The molecule has 57 heavy (non-hydrogen) atoms. The van der Waals surface area contributed by atoms with Crippen LogP contribution in [0.15, 0.2) is 65.8 Å². The number of thiophene rings is 1. The topological polar surface area (TPSA) is 157 Å². The molecule has 0 aliphatic carbocycles. The van der Waals surface area contributed by atoms with E-state index in [1.165, 1.54) is 10.4 Å². The number of nitrogens with one attached hydrogen (secondary N) is 3.